The molecular formula is C21H21N3O3. The number of hydrogen-bond acceptors (Lipinski definition) is 5. The van der Waals surface area contributed by atoms with Gasteiger partial charge in [-0.3, -0.25) is 4.79 Å². The first-order chi connectivity index (χ1) is 13.1. The van der Waals surface area contributed by atoms with E-state index in [1.165, 1.54) is 17.3 Å². The molecule has 138 valence electrons. The summed E-state index contributed by atoms with van der Waals surface area (Å²) in [5.74, 6) is 0.819. The van der Waals surface area contributed by atoms with Gasteiger partial charge >= 0.3 is 0 Å². The molecule has 0 N–H and O–H groups in total. The van der Waals surface area contributed by atoms with Crippen LogP contribution in [0.4, 0.5) is 0 Å². The predicted molar refractivity (Wildman–Crippen MR) is 98.4 cm³/mol. The van der Waals surface area contributed by atoms with Gasteiger partial charge in [-0.1, -0.05) is 6.07 Å². The molecule has 6 nitrogen and oxygen atoms in total. The lowest BCUT2D eigenvalue weighted by Gasteiger charge is -2.45. The number of likely N-dealkylation sites (tertiary alicyclic amines) is 1. The summed E-state index contributed by atoms with van der Waals surface area (Å²) < 4.78 is 11.6. The molecule has 0 aliphatic carbocycles. The summed E-state index contributed by atoms with van der Waals surface area (Å²) in [5.41, 5.74) is 3.00. The molecule has 0 unspecified atom stereocenters. The van der Waals surface area contributed by atoms with E-state index in [1.54, 1.807) is 19.2 Å². The van der Waals surface area contributed by atoms with Gasteiger partial charge in [-0.2, -0.15) is 5.26 Å². The lowest BCUT2D eigenvalue weighted by molar-refractivity contribution is -0.0935. The Morgan fingerprint density at radius 3 is 2.78 bits per heavy atom. The van der Waals surface area contributed by atoms with E-state index in [-0.39, 0.29) is 11.5 Å². The van der Waals surface area contributed by atoms with Crippen molar-refractivity contribution in [2.75, 3.05) is 26.8 Å². The first-order valence-electron chi connectivity index (χ1n) is 9.12. The maximum atomic E-state index is 12.7. The normalized spacial score (nSPS) is 17.9. The van der Waals surface area contributed by atoms with Gasteiger partial charge in [0.25, 0.3) is 5.91 Å². The first kappa shape index (κ1) is 17.5. The number of pyridine rings is 1. The van der Waals surface area contributed by atoms with Gasteiger partial charge in [-0.25, -0.2) is 4.98 Å². The number of hydrogen-bond donors (Lipinski definition) is 0. The highest BCUT2D eigenvalue weighted by Crippen LogP contribution is 2.42. The van der Waals surface area contributed by atoms with E-state index in [9.17, 15) is 4.79 Å². The van der Waals surface area contributed by atoms with Crippen LogP contribution in [0.15, 0.2) is 36.5 Å². The molecule has 1 aromatic carbocycles. The number of amides is 1. The van der Waals surface area contributed by atoms with Crippen LogP contribution in [-0.4, -0.2) is 42.6 Å². The quantitative estimate of drug-likeness (QED) is 0.820. The second-order valence-corrected chi connectivity index (χ2v) is 6.95. The summed E-state index contributed by atoms with van der Waals surface area (Å²) in [6.07, 6.45) is 3.89. The Labute approximate surface area is 158 Å². The molecule has 27 heavy (non-hydrogen) atoms. The molecule has 6 heteroatoms. The third kappa shape index (κ3) is 3.15. The summed E-state index contributed by atoms with van der Waals surface area (Å²) in [5, 5.41) is 8.84. The maximum Gasteiger partial charge on any atom is 0.255 e. The Balaban J connectivity index is 1.51. The average Bonchev–Trinajstić information content (AvgIpc) is 2.74. The second kappa shape index (κ2) is 7.01. The molecule has 1 amide bonds. The second-order valence-electron chi connectivity index (χ2n) is 6.95. The van der Waals surface area contributed by atoms with Crippen molar-refractivity contribution in [2.45, 2.75) is 24.9 Å². The van der Waals surface area contributed by atoms with Crippen LogP contribution in [0.1, 0.15) is 40.0 Å². The van der Waals surface area contributed by atoms with E-state index in [0.29, 0.717) is 31.0 Å². The summed E-state index contributed by atoms with van der Waals surface area (Å²) in [6, 6.07) is 11.4. The number of rotatable bonds is 2. The number of carbonyl (C=O) groups is 1. The minimum Gasteiger partial charge on any atom is -0.497 e. The van der Waals surface area contributed by atoms with E-state index < -0.39 is 0 Å². The zero-order chi connectivity index (χ0) is 18.9. The van der Waals surface area contributed by atoms with Crippen molar-refractivity contribution >= 4 is 5.91 Å². The molecule has 2 aliphatic heterocycles. The number of fused-ring (bicyclic) bond motifs is 2. The maximum absolute atomic E-state index is 12.7. The van der Waals surface area contributed by atoms with Gasteiger partial charge in [-0.15, -0.1) is 0 Å². The molecule has 2 aromatic rings. The number of nitriles is 1. The van der Waals surface area contributed by atoms with Crippen molar-refractivity contribution in [3.63, 3.8) is 0 Å². The van der Waals surface area contributed by atoms with Crippen molar-refractivity contribution in [1.29, 1.82) is 5.26 Å². The van der Waals surface area contributed by atoms with Crippen LogP contribution in [-0.2, 0) is 16.8 Å². The minimum atomic E-state index is -0.320. The van der Waals surface area contributed by atoms with Crippen LogP contribution < -0.4 is 4.74 Å². The van der Waals surface area contributed by atoms with Crippen molar-refractivity contribution < 1.29 is 14.3 Å². The largest absolute Gasteiger partial charge is 0.497 e. The van der Waals surface area contributed by atoms with Gasteiger partial charge in [-0.05, 0) is 54.7 Å². The molecule has 0 bridgehead atoms. The topological polar surface area (TPSA) is 75.5 Å². The highest BCUT2D eigenvalue weighted by atomic mass is 16.5. The predicted octanol–water partition coefficient (Wildman–Crippen LogP) is 2.67. The van der Waals surface area contributed by atoms with Gasteiger partial charge in [0, 0.05) is 19.3 Å². The lowest BCUT2D eigenvalue weighted by atomic mass is 9.79. The number of ether oxygens (including phenoxy) is 2. The number of piperidine rings is 1. The SMILES string of the molecule is COc1ccc2c(c1)CCOC21CCN(C(=O)c2ccc(C#N)nc2)CC1. The summed E-state index contributed by atoms with van der Waals surface area (Å²) in [7, 11) is 1.68. The average molecular weight is 363 g/mol. The van der Waals surface area contributed by atoms with E-state index in [0.717, 1.165) is 25.0 Å². The highest BCUT2D eigenvalue weighted by molar-refractivity contribution is 5.94. The molecule has 2 aliphatic rings. The number of nitrogens with zero attached hydrogens (tertiary/aromatic N) is 3. The van der Waals surface area contributed by atoms with Crippen LogP contribution >= 0.6 is 0 Å². The van der Waals surface area contributed by atoms with Crippen LogP contribution in [0.3, 0.4) is 0 Å². The van der Waals surface area contributed by atoms with Crippen molar-refractivity contribution in [1.82, 2.24) is 9.88 Å². The van der Waals surface area contributed by atoms with E-state index in [2.05, 4.69) is 17.1 Å². The number of benzene rings is 1. The molecule has 0 saturated carbocycles. The van der Waals surface area contributed by atoms with Gasteiger partial charge in [0.15, 0.2) is 0 Å². The summed E-state index contributed by atoms with van der Waals surface area (Å²) in [4.78, 5) is 18.6. The van der Waals surface area contributed by atoms with E-state index in [4.69, 9.17) is 14.7 Å². The Bertz CT molecular complexity index is 894. The third-order valence-electron chi connectivity index (χ3n) is 5.54. The molecule has 4 rings (SSSR count). The number of carbonyl (C=O) groups excluding carboxylic acids is 1. The standard InChI is InChI=1S/C21H21N3O3/c1-26-18-4-5-19-15(12-18)6-11-27-21(19)7-9-24(10-8-21)20(25)16-2-3-17(13-22)23-14-16/h2-5,12,14H,6-11H2,1H3. The van der Waals surface area contributed by atoms with Crippen molar-refractivity contribution in [2.24, 2.45) is 0 Å². The summed E-state index contributed by atoms with van der Waals surface area (Å²) in [6.45, 7) is 1.95. The Morgan fingerprint density at radius 1 is 1.30 bits per heavy atom. The van der Waals surface area contributed by atoms with Crippen molar-refractivity contribution in [3.8, 4) is 11.8 Å². The molecule has 0 radical (unpaired) electrons. The van der Waals surface area contributed by atoms with Crippen LogP contribution in [0, 0.1) is 11.3 Å². The fourth-order valence-electron chi connectivity index (χ4n) is 4.04. The minimum absolute atomic E-state index is 0.0485. The first-order valence-corrected chi connectivity index (χ1v) is 9.12. The van der Waals surface area contributed by atoms with Crippen LogP contribution in [0.2, 0.25) is 0 Å². The lowest BCUT2D eigenvalue weighted by Crippen LogP contribution is -2.48. The fourth-order valence-corrected chi connectivity index (χ4v) is 4.04. The van der Waals surface area contributed by atoms with Gasteiger partial charge in [0.1, 0.15) is 17.5 Å². The molecule has 1 spiro atoms. The Morgan fingerprint density at radius 2 is 2.11 bits per heavy atom. The molecule has 0 atom stereocenters. The summed E-state index contributed by atoms with van der Waals surface area (Å²) >= 11 is 0. The highest BCUT2D eigenvalue weighted by Gasteiger charge is 2.41. The number of methoxy groups -OCH3 is 1. The van der Waals surface area contributed by atoms with Gasteiger partial charge in [0.05, 0.1) is 24.9 Å². The Hall–Kier alpha value is -2.91. The van der Waals surface area contributed by atoms with Crippen molar-refractivity contribution in [3.05, 3.63) is 58.9 Å². The number of aromatic nitrogens is 1. The molecule has 1 saturated heterocycles. The van der Waals surface area contributed by atoms with Gasteiger partial charge in [0.2, 0.25) is 0 Å². The van der Waals surface area contributed by atoms with Crippen LogP contribution in [0.5, 0.6) is 5.75 Å². The van der Waals surface area contributed by atoms with E-state index >= 15 is 0 Å². The fraction of sp³-hybridized carbons (Fsp3) is 0.381. The Kier molecular flexibility index (Phi) is 4.54. The van der Waals surface area contributed by atoms with Crippen LogP contribution in [0.25, 0.3) is 0 Å². The van der Waals surface area contributed by atoms with E-state index in [1.807, 2.05) is 17.0 Å². The molecule has 1 aromatic heterocycles. The zero-order valence-corrected chi connectivity index (χ0v) is 15.3. The monoisotopic (exact) mass is 363 g/mol. The molecule has 1 fully saturated rings. The zero-order valence-electron chi connectivity index (χ0n) is 15.3. The smallest absolute Gasteiger partial charge is 0.255 e. The third-order valence-corrected chi connectivity index (χ3v) is 5.54. The van der Waals surface area contributed by atoms with Gasteiger partial charge < -0.3 is 14.4 Å². The molecular weight excluding hydrogens is 342 g/mol. The molecule has 3 heterocycles.